The zero-order valence-electron chi connectivity index (χ0n) is 10.1. The summed E-state index contributed by atoms with van der Waals surface area (Å²) in [5.41, 5.74) is -0.955. The van der Waals surface area contributed by atoms with E-state index in [-0.39, 0.29) is 17.3 Å². The third kappa shape index (κ3) is 3.12. The Hall–Kier alpha value is -1.79. The first-order valence-electron chi connectivity index (χ1n) is 5.21. The summed E-state index contributed by atoms with van der Waals surface area (Å²) in [5.74, 6) is -1.18. The number of hydrogen-bond donors (Lipinski definition) is 1. The number of hydrogen-bond acceptors (Lipinski definition) is 2. The highest BCUT2D eigenvalue weighted by Crippen LogP contribution is 2.30. The summed E-state index contributed by atoms with van der Waals surface area (Å²) in [6.07, 6.45) is -3.37. The topological polar surface area (TPSA) is 55.1 Å². The summed E-state index contributed by atoms with van der Waals surface area (Å²) in [6, 6.07) is 0.542. The molecule has 0 fully saturated rings. The molecule has 7 heteroatoms. The quantitative estimate of drug-likeness (QED) is 0.852. The maximum atomic E-state index is 12.5. The predicted molar refractivity (Wildman–Crippen MR) is 58.9 cm³/mol. The number of carboxylic acid groups (broad SMARTS) is 1. The molecule has 0 spiro atoms. The molecule has 0 aliphatic rings. The number of carboxylic acids is 1. The van der Waals surface area contributed by atoms with E-state index in [0.717, 1.165) is 10.7 Å². The molecule has 0 aliphatic heterocycles. The lowest BCUT2D eigenvalue weighted by atomic mass is 10.2. The van der Waals surface area contributed by atoms with Gasteiger partial charge in [0.1, 0.15) is 0 Å². The van der Waals surface area contributed by atoms with Gasteiger partial charge in [0.05, 0.1) is 5.69 Å². The number of alkyl halides is 3. The molecule has 1 rings (SSSR count). The number of aliphatic carboxylic acids is 1. The Morgan fingerprint density at radius 1 is 1.50 bits per heavy atom. The fourth-order valence-corrected chi connectivity index (χ4v) is 1.35. The molecule has 1 aromatic rings. The highest BCUT2D eigenvalue weighted by Gasteiger charge is 2.35. The van der Waals surface area contributed by atoms with Crippen molar-refractivity contribution in [3.05, 3.63) is 23.0 Å². The van der Waals surface area contributed by atoms with Crippen LogP contribution in [0.1, 0.15) is 38.2 Å². The van der Waals surface area contributed by atoms with Gasteiger partial charge in [0.2, 0.25) is 0 Å². The fourth-order valence-electron chi connectivity index (χ4n) is 1.35. The van der Waals surface area contributed by atoms with E-state index in [0.29, 0.717) is 0 Å². The van der Waals surface area contributed by atoms with Gasteiger partial charge in [0.15, 0.2) is 5.69 Å². The van der Waals surface area contributed by atoms with Crippen LogP contribution in [0.4, 0.5) is 13.2 Å². The van der Waals surface area contributed by atoms with Gasteiger partial charge in [-0.3, -0.25) is 4.68 Å². The molecule has 1 N–H and O–H groups in total. The summed E-state index contributed by atoms with van der Waals surface area (Å²) in [7, 11) is 0. The van der Waals surface area contributed by atoms with Crippen LogP contribution in [-0.4, -0.2) is 20.9 Å². The van der Waals surface area contributed by atoms with Gasteiger partial charge in [-0.1, -0.05) is 0 Å². The molecule has 0 amide bonds. The first-order valence-corrected chi connectivity index (χ1v) is 5.21. The molecule has 1 aromatic heterocycles. The lowest BCUT2D eigenvalue weighted by Crippen LogP contribution is -2.10. The summed E-state index contributed by atoms with van der Waals surface area (Å²) in [5, 5.41) is 12.2. The summed E-state index contributed by atoms with van der Waals surface area (Å²) < 4.78 is 38.7. The maximum absolute atomic E-state index is 12.5. The van der Waals surface area contributed by atoms with E-state index in [1.54, 1.807) is 13.8 Å². The van der Waals surface area contributed by atoms with Gasteiger partial charge in [-0.05, 0) is 32.9 Å². The van der Waals surface area contributed by atoms with Crippen molar-refractivity contribution in [3.63, 3.8) is 0 Å². The first kappa shape index (κ1) is 14.3. The van der Waals surface area contributed by atoms with Crippen molar-refractivity contribution in [1.29, 1.82) is 0 Å². The monoisotopic (exact) mass is 262 g/mol. The molecule has 0 saturated carbocycles. The molecule has 1 heterocycles. The van der Waals surface area contributed by atoms with Gasteiger partial charge in [-0.15, -0.1) is 0 Å². The Morgan fingerprint density at radius 2 is 2.06 bits per heavy atom. The van der Waals surface area contributed by atoms with E-state index < -0.39 is 17.8 Å². The van der Waals surface area contributed by atoms with Crippen LogP contribution in [0.25, 0.3) is 6.08 Å². The van der Waals surface area contributed by atoms with E-state index in [4.69, 9.17) is 5.11 Å². The second-order valence-electron chi connectivity index (χ2n) is 4.12. The fraction of sp³-hybridized carbons (Fsp3) is 0.455. The van der Waals surface area contributed by atoms with Crippen molar-refractivity contribution in [2.45, 2.75) is 33.0 Å². The van der Waals surface area contributed by atoms with E-state index in [1.807, 2.05) is 0 Å². The summed E-state index contributed by atoms with van der Waals surface area (Å²) >= 11 is 0. The van der Waals surface area contributed by atoms with Gasteiger partial charge < -0.3 is 5.11 Å². The van der Waals surface area contributed by atoms with Crippen LogP contribution in [0, 0.1) is 0 Å². The van der Waals surface area contributed by atoms with Crippen LogP contribution in [0.15, 0.2) is 11.6 Å². The molecule has 100 valence electrons. The third-order valence-electron chi connectivity index (χ3n) is 2.25. The molecule has 0 aromatic carbocycles. The average molecular weight is 262 g/mol. The lowest BCUT2D eigenvalue weighted by Gasteiger charge is -2.08. The molecule has 0 bridgehead atoms. The molecule has 4 nitrogen and oxygen atoms in total. The molecule has 0 saturated heterocycles. The van der Waals surface area contributed by atoms with Gasteiger partial charge in [0.25, 0.3) is 0 Å². The summed E-state index contributed by atoms with van der Waals surface area (Å²) in [4.78, 5) is 10.7. The normalized spacial score (nSPS) is 13.2. The molecular formula is C11H13F3N2O2. The molecule has 0 radical (unpaired) electrons. The third-order valence-corrected chi connectivity index (χ3v) is 2.25. The number of nitrogens with zero attached hydrogens (tertiary/aromatic N) is 2. The number of halogens is 3. The van der Waals surface area contributed by atoms with Crippen molar-refractivity contribution in [2.24, 2.45) is 0 Å². The second kappa shape index (κ2) is 4.83. The predicted octanol–water partition coefficient (Wildman–Crippen LogP) is 2.97. The van der Waals surface area contributed by atoms with Crippen LogP contribution in [-0.2, 0) is 11.0 Å². The minimum Gasteiger partial charge on any atom is -0.478 e. The largest absolute Gasteiger partial charge is 0.478 e. The van der Waals surface area contributed by atoms with Gasteiger partial charge in [-0.2, -0.15) is 18.3 Å². The van der Waals surface area contributed by atoms with E-state index in [2.05, 4.69) is 5.10 Å². The van der Waals surface area contributed by atoms with Gasteiger partial charge in [0, 0.05) is 11.6 Å². The van der Waals surface area contributed by atoms with Crippen molar-refractivity contribution in [3.8, 4) is 0 Å². The number of carbonyl (C=O) groups is 1. The van der Waals surface area contributed by atoms with E-state index >= 15 is 0 Å². The smallest absolute Gasteiger partial charge is 0.435 e. The molecule has 18 heavy (non-hydrogen) atoms. The average Bonchev–Trinajstić information content (AvgIpc) is 2.60. The lowest BCUT2D eigenvalue weighted by molar-refractivity contribution is -0.141. The Morgan fingerprint density at radius 3 is 2.44 bits per heavy atom. The van der Waals surface area contributed by atoms with Crippen LogP contribution in [0.3, 0.4) is 0 Å². The first-order chi connectivity index (χ1) is 8.12. The van der Waals surface area contributed by atoms with Gasteiger partial charge >= 0.3 is 12.1 Å². The Kier molecular flexibility index (Phi) is 3.83. The van der Waals surface area contributed by atoms with Crippen LogP contribution in [0.5, 0.6) is 0 Å². The highest BCUT2D eigenvalue weighted by molar-refractivity contribution is 5.91. The van der Waals surface area contributed by atoms with Gasteiger partial charge in [-0.25, -0.2) is 4.79 Å². The second-order valence-corrected chi connectivity index (χ2v) is 4.12. The van der Waals surface area contributed by atoms with Crippen molar-refractivity contribution < 1.29 is 23.1 Å². The van der Waals surface area contributed by atoms with E-state index in [9.17, 15) is 18.0 Å². The van der Waals surface area contributed by atoms with Crippen molar-refractivity contribution >= 4 is 12.0 Å². The highest BCUT2D eigenvalue weighted by atomic mass is 19.4. The van der Waals surface area contributed by atoms with Crippen molar-refractivity contribution in [2.75, 3.05) is 0 Å². The Labute approximate surface area is 102 Å². The molecule has 0 unspecified atom stereocenters. The van der Waals surface area contributed by atoms with Crippen LogP contribution in [0.2, 0.25) is 0 Å². The van der Waals surface area contributed by atoms with Crippen LogP contribution < -0.4 is 0 Å². The van der Waals surface area contributed by atoms with E-state index in [1.165, 1.54) is 13.0 Å². The zero-order valence-corrected chi connectivity index (χ0v) is 10.1. The minimum absolute atomic E-state index is 0.0504. The SMILES string of the molecule is C/C(=C\c1cc(C(F)(F)F)nn1C(C)C)C(=O)O. The standard InChI is InChI=1S/C11H13F3N2O2/c1-6(2)16-8(4-7(3)10(17)18)5-9(15-16)11(12,13)14/h4-6H,1-3H3,(H,17,18)/b7-4+. The molecule has 0 atom stereocenters. The maximum Gasteiger partial charge on any atom is 0.435 e. The van der Waals surface area contributed by atoms with Crippen molar-refractivity contribution in [1.82, 2.24) is 9.78 Å². The molecular weight excluding hydrogens is 249 g/mol. The van der Waals surface area contributed by atoms with Crippen LogP contribution >= 0.6 is 0 Å². The minimum atomic E-state index is -4.54. The summed E-state index contributed by atoms with van der Waals surface area (Å²) in [6.45, 7) is 4.65. The molecule has 0 aliphatic carbocycles. The Balaban J connectivity index is 3.30. The zero-order chi connectivity index (χ0) is 14.1. The number of rotatable bonds is 3. The number of aromatic nitrogens is 2. The Bertz CT molecular complexity index is 487.